The first-order valence-electron chi connectivity index (χ1n) is 8.83. The number of carbonyl (C=O) groups excluding carboxylic acids is 1. The van der Waals surface area contributed by atoms with E-state index in [1.54, 1.807) is 0 Å². The highest BCUT2D eigenvalue weighted by atomic mass is 19.1. The Hall–Kier alpha value is -1.69. The van der Waals surface area contributed by atoms with E-state index in [9.17, 15) is 13.6 Å². The molecule has 2 aliphatic heterocycles. The molecule has 2 saturated heterocycles. The van der Waals surface area contributed by atoms with E-state index in [1.807, 2.05) is 9.80 Å². The molecule has 1 aromatic carbocycles. The molecule has 1 aromatic rings. The van der Waals surface area contributed by atoms with Gasteiger partial charge in [0.15, 0.2) is 0 Å². The van der Waals surface area contributed by atoms with Crippen LogP contribution in [0.4, 0.5) is 14.5 Å². The van der Waals surface area contributed by atoms with Crippen LogP contribution in [-0.4, -0.2) is 61.5 Å². The molecule has 0 spiro atoms. The maximum Gasteiger partial charge on any atom is 0.236 e. The van der Waals surface area contributed by atoms with Gasteiger partial charge in [-0.05, 0) is 25.0 Å². The standard InChI is InChI=1S/C18H25F2N3O/c19-15-5-6-17(16(20)13-15)22-11-9-21(10-12-22)14-18(24)23-7-3-1-2-4-8-23/h5-6,13H,1-4,7-12,14H2. The number of likely N-dealkylation sites (tertiary alicyclic amines) is 1. The number of halogens is 2. The molecule has 0 aromatic heterocycles. The maximum atomic E-state index is 13.9. The molecule has 0 atom stereocenters. The largest absolute Gasteiger partial charge is 0.367 e. The second-order valence-electron chi connectivity index (χ2n) is 6.65. The monoisotopic (exact) mass is 337 g/mol. The van der Waals surface area contributed by atoms with E-state index >= 15 is 0 Å². The maximum absolute atomic E-state index is 13.9. The molecular formula is C18H25F2N3O. The first kappa shape index (κ1) is 17.1. The topological polar surface area (TPSA) is 26.8 Å². The van der Waals surface area contributed by atoms with Crippen molar-refractivity contribution in [3.8, 4) is 0 Å². The SMILES string of the molecule is O=C(CN1CCN(c2ccc(F)cc2F)CC1)N1CCCCCC1. The van der Waals surface area contributed by atoms with Crippen molar-refractivity contribution in [3.63, 3.8) is 0 Å². The van der Waals surface area contributed by atoms with Gasteiger partial charge in [0.1, 0.15) is 11.6 Å². The van der Waals surface area contributed by atoms with Crippen molar-refractivity contribution in [2.75, 3.05) is 50.7 Å². The molecule has 6 heteroatoms. The Labute approximate surface area is 142 Å². The molecule has 0 aliphatic carbocycles. The number of benzene rings is 1. The first-order chi connectivity index (χ1) is 11.6. The van der Waals surface area contributed by atoms with Gasteiger partial charge in [-0.3, -0.25) is 9.69 Å². The predicted octanol–water partition coefficient (Wildman–Crippen LogP) is 2.49. The number of rotatable bonds is 3. The lowest BCUT2D eigenvalue weighted by Crippen LogP contribution is -2.50. The van der Waals surface area contributed by atoms with Gasteiger partial charge in [0.05, 0.1) is 12.2 Å². The van der Waals surface area contributed by atoms with Gasteiger partial charge >= 0.3 is 0 Å². The molecule has 0 saturated carbocycles. The lowest BCUT2D eigenvalue weighted by molar-refractivity contribution is -0.132. The van der Waals surface area contributed by atoms with Crippen LogP contribution in [-0.2, 0) is 4.79 Å². The summed E-state index contributed by atoms with van der Waals surface area (Å²) in [6.45, 7) is 4.93. The van der Waals surface area contributed by atoms with Crippen molar-refractivity contribution in [2.24, 2.45) is 0 Å². The lowest BCUT2D eigenvalue weighted by Gasteiger charge is -2.36. The fourth-order valence-electron chi connectivity index (χ4n) is 3.50. The van der Waals surface area contributed by atoms with Gasteiger partial charge in [-0.25, -0.2) is 8.78 Å². The average Bonchev–Trinajstić information content (AvgIpc) is 2.85. The fourth-order valence-corrected chi connectivity index (χ4v) is 3.50. The van der Waals surface area contributed by atoms with E-state index < -0.39 is 11.6 Å². The van der Waals surface area contributed by atoms with Crippen molar-refractivity contribution < 1.29 is 13.6 Å². The normalized spacial score (nSPS) is 20.1. The molecule has 4 nitrogen and oxygen atoms in total. The summed E-state index contributed by atoms with van der Waals surface area (Å²) in [6.07, 6.45) is 4.63. The Morgan fingerprint density at radius 2 is 1.58 bits per heavy atom. The average molecular weight is 337 g/mol. The van der Waals surface area contributed by atoms with Crippen LogP contribution in [0.15, 0.2) is 18.2 Å². The van der Waals surface area contributed by atoms with Crippen molar-refractivity contribution in [2.45, 2.75) is 25.7 Å². The van der Waals surface area contributed by atoms with Crippen molar-refractivity contribution in [1.29, 1.82) is 0 Å². The zero-order valence-electron chi connectivity index (χ0n) is 14.0. The summed E-state index contributed by atoms with van der Waals surface area (Å²) in [6, 6.07) is 3.70. The minimum Gasteiger partial charge on any atom is -0.367 e. The fraction of sp³-hybridized carbons (Fsp3) is 0.611. The summed E-state index contributed by atoms with van der Waals surface area (Å²) >= 11 is 0. The Morgan fingerprint density at radius 1 is 0.917 bits per heavy atom. The van der Waals surface area contributed by atoms with Crippen molar-refractivity contribution in [1.82, 2.24) is 9.80 Å². The second-order valence-corrected chi connectivity index (χ2v) is 6.65. The molecular weight excluding hydrogens is 312 g/mol. The van der Waals surface area contributed by atoms with Crippen molar-refractivity contribution in [3.05, 3.63) is 29.8 Å². The Morgan fingerprint density at radius 3 is 2.21 bits per heavy atom. The summed E-state index contributed by atoms with van der Waals surface area (Å²) in [5.74, 6) is -0.875. The van der Waals surface area contributed by atoms with E-state index in [0.717, 1.165) is 45.1 Å². The number of amides is 1. The third-order valence-electron chi connectivity index (χ3n) is 4.94. The summed E-state index contributed by atoms with van der Waals surface area (Å²) in [4.78, 5) is 18.5. The Bertz CT molecular complexity index is 565. The molecule has 1 amide bonds. The highest BCUT2D eigenvalue weighted by Crippen LogP contribution is 2.21. The number of hydrogen-bond donors (Lipinski definition) is 0. The van der Waals surface area contributed by atoms with Gasteiger partial charge in [0.2, 0.25) is 5.91 Å². The van der Waals surface area contributed by atoms with Crippen LogP contribution >= 0.6 is 0 Å². The molecule has 3 rings (SSSR count). The van der Waals surface area contributed by atoms with E-state index in [2.05, 4.69) is 4.90 Å². The third kappa shape index (κ3) is 4.23. The summed E-state index contributed by atoms with van der Waals surface area (Å²) in [5.41, 5.74) is 0.440. The number of hydrogen-bond acceptors (Lipinski definition) is 3. The molecule has 0 N–H and O–H groups in total. The minimum absolute atomic E-state index is 0.207. The van der Waals surface area contributed by atoms with E-state index in [0.29, 0.717) is 25.3 Å². The molecule has 2 aliphatic rings. The van der Waals surface area contributed by atoms with E-state index in [1.165, 1.54) is 25.0 Å². The van der Waals surface area contributed by atoms with E-state index in [-0.39, 0.29) is 5.91 Å². The van der Waals surface area contributed by atoms with E-state index in [4.69, 9.17) is 0 Å². The Balaban J connectivity index is 1.50. The summed E-state index contributed by atoms with van der Waals surface area (Å²) in [5, 5.41) is 0. The molecule has 0 unspecified atom stereocenters. The van der Waals surface area contributed by atoms with Gasteiger partial charge in [-0.1, -0.05) is 12.8 Å². The third-order valence-corrected chi connectivity index (χ3v) is 4.94. The van der Waals surface area contributed by atoms with Crippen LogP contribution in [0.1, 0.15) is 25.7 Å². The molecule has 0 radical (unpaired) electrons. The summed E-state index contributed by atoms with van der Waals surface area (Å²) < 4.78 is 26.9. The minimum atomic E-state index is -0.557. The second kappa shape index (κ2) is 7.92. The molecule has 24 heavy (non-hydrogen) atoms. The smallest absolute Gasteiger partial charge is 0.236 e. The zero-order valence-corrected chi connectivity index (χ0v) is 14.0. The molecule has 132 valence electrons. The van der Waals surface area contributed by atoms with Gasteiger partial charge in [0, 0.05) is 45.3 Å². The number of carbonyl (C=O) groups is 1. The van der Waals surface area contributed by atoms with Crippen LogP contribution in [0.25, 0.3) is 0 Å². The van der Waals surface area contributed by atoms with Crippen LogP contribution in [0.3, 0.4) is 0 Å². The van der Waals surface area contributed by atoms with Crippen LogP contribution < -0.4 is 4.90 Å². The van der Waals surface area contributed by atoms with Gasteiger partial charge in [-0.15, -0.1) is 0 Å². The molecule has 2 heterocycles. The van der Waals surface area contributed by atoms with Gasteiger partial charge in [-0.2, -0.15) is 0 Å². The van der Waals surface area contributed by atoms with Crippen LogP contribution in [0.5, 0.6) is 0 Å². The predicted molar refractivity (Wildman–Crippen MR) is 90.1 cm³/mol. The number of piperazine rings is 1. The quantitative estimate of drug-likeness (QED) is 0.848. The lowest BCUT2D eigenvalue weighted by atomic mass is 10.2. The van der Waals surface area contributed by atoms with Gasteiger partial charge < -0.3 is 9.80 Å². The highest BCUT2D eigenvalue weighted by molar-refractivity contribution is 5.78. The van der Waals surface area contributed by atoms with Gasteiger partial charge in [0.25, 0.3) is 0 Å². The van der Waals surface area contributed by atoms with Crippen molar-refractivity contribution >= 4 is 11.6 Å². The Kier molecular flexibility index (Phi) is 5.66. The van der Waals surface area contributed by atoms with Crippen LogP contribution in [0, 0.1) is 11.6 Å². The molecule has 0 bridgehead atoms. The zero-order chi connectivity index (χ0) is 16.9. The first-order valence-corrected chi connectivity index (χ1v) is 8.83. The molecule has 2 fully saturated rings. The highest BCUT2D eigenvalue weighted by Gasteiger charge is 2.23. The summed E-state index contributed by atoms with van der Waals surface area (Å²) in [7, 11) is 0. The number of nitrogens with zero attached hydrogens (tertiary/aromatic N) is 3. The van der Waals surface area contributed by atoms with Crippen LogP contribution in [0.2, 0.25) is 0 Å². The number of anilines is 1.